The van der Waals surface area contributed by atoms with Crippen LogP contribution in [0.2, 0.25) is 0 Å². The molecule has 1 fully saturated rings. The van der Waals surface area contributed by atoms with E-state index in [9.17, 15) is 4.79 Å². The Bertz CT molecular complexity index is 416. The van der Waals surface area contributed by atoms with Gasteiger partial charge < -0.3 is 11.1 Å². The van der Waals surface area contributed by atoms with Gasteiger partial charge in [0.2, 0.25) is 0 Å². The summed E-state index contributed by atoms with van der Waals surface area (Å²) in [6.07, 6.45) is 3.19. The molecule has 0 spiro atoms. The normalized spacial score (nSPS) is 16.1. The molecule has 0 atom stereocenters. The number of carbonyl (C=O) groups is 1. The van der Waals surface area contributed by atoms with Crippen molar-refractivity contribution in [2.24, 2.45) is 5.73 Å². The summed E-state index contributed by atoms with van der Waals surface area (Å²) in [6.45, 7) is 1.38. The highest BCUT2D eigenvalue weighted by Crippen LogP contribution is 2.43. The molecule has 0 radical (unpaired) electrons. The first-order valence-electron chi connectivity index (χ1n) is 7.12. The third-order valence-electron chi connectivity index (χ3n) is 3.19. The zero-order chi connectivity index (χ0) is 14.2. The molecule has 3 N–H and O–H groups in total. The van der Waals surface area contributed by atoms with Gasteiger partial charge in [0.25, 0.3) is 5.91 Å². The van der Waals surface area contributed by atoms with E-state index in [1.165, 1.54) is 23.5 Å². The van der Waals surface area contributed by atoms with Crippen molar-refractivity contribution in [3.05, 3.63) is 35.4 Å². The fourth-order valence-electron chi connectivity index (χ4n) is 2.05. The van der Waals surface area contributed by atoms with Crippen LogP contribution in [0, 0.1) is 0 Å². The Morgan fingerprint density at radius 3 is 2.55 bits per heavy atom. The van der Waals surface area contributed by atoms with E-state index >= 15 is 0 Å². The van der Waals surface area contributed by atoms with Gasteiger partial charge in [-0.3, -0.25) is 4.79 Å². The number of nitrogens with two attached hydrogens (primary N) is 1. The Kier molecular flexibility index (Phi) is 6.76. The quantitative estimate of drug-likeness (QED) is 0.793. The molecular weight excluding hydrogens is 288 g/mol. The van der Waals surface area contributed by atoms with Gasteiger partial charge in [0.05, 0.1) is 4.58 Å². The second-order valence-corrected chi connectivity index (χ2v) is 7.53. The lowest BCUT2D eigenvalue weighted by Gasteiger charge is -2.21. The predicted molar refractivity (Wildman–Crippen MR) is 89.3 cm³/mol. The van der Waals surface area contributed by atoms with Gasteiger partial charge in [-0.2, -0.15) is 0 Å². The summed E-state index contributed by atoms with van der Waals surface area (Å²) in [5.41, 5.74) is 7.49. The summed E-state index contributed by atoms with van der Waals surface area (Å²) in [7, 11) is 0. The number of thioether (sulfide) groups is 2. The third kappa shape index (κ3) is 4.72. The molecule has 1 amide bonds. The van der Waals surface area contributed by atoms with Crippen molar-refractivity contribution < 1.29 is 4.79 Å². The average Bonchev–Trinajstić information content (AvgIpc) is 2.52. The number of amides is 1. The lowest BCUT2D eigenvalue weighted by molar-refractivity contribution is 0.0953. The van der Waals surface area contributed by atoms with Crippen LogP contribution < -0.4 is 11.1 Å². The summed E-state index contributed by atoms with van der Waals surface area (Å²) < 4.78 is 0.533. The minimum absolute atomic E-state index is 0.0116. The largest absolute Gasteiger partial charge is 0.352 e. The molecule has 0 unspecified atom stereocenters. The lowest BCUT2D eigenvalue weighted by Crippen LogP contribution is -2.24. The summed E-state index contributed by atoms with van der Waals surface area (Å²) in [6, 6.07) is 8.04. The maximum atomic E-state index is 11.9. The molecule has 110 valence electrons. The molecule has 1 aromatic carbocycles. The highest BCUT2D eigenvalue weighted by atomic mass is 32.2. The highest BCUT2D eigenvalue weighted by Gasteiger charge is 2.16. The Labute approximate surface area is 129 Å². The first kappa shape index (κ1) is 15.7. The van der Waals surface area contributed by atoms with Crippen LogP contribution >= 0.6 is 23.5 Å². The van der Waals surface area contributed by atoms with Crippen molar-refractivity contribution in [3.63, 3.8) is 0 Å². The average molecular weight is 310 g/mol. The monoisotopic (exact) mass is 310 g/mol. The molecular formula is C15H22N2OS2. The van der Waals surface area contributed by atoms with E-state index < -0.39 is 0 Å². The lowest BCUT2D eigenvalue weighted by atomic mass is 10.1. The molecule has 1 aromatic rings. The summed E-state index contributed by atoms with van der Waals surface area (Å²) >= 11 is 4.00. The Morgan fingerprint density at radius 1 is 1.20 bits per heavy atom. The van der Waals surface area contributed by atoms with E-state index in [0.29, 0.717) is 17.7 Å². The van der Waals surface area contributed by atoms with Crippen molar-refractivity contribution in [3.8, 4) is 0 Å². The number of benzene rings is 1. The maximum absolute atomic E-state index is 11.9. The van der Waals surface area contributed by atoms with Gasteiger partial charge in [-0.25, -0.2) is 0 Å². The Balaban J connectivity index is 1.85. The second kappa shape index (κ2) is 8.60. The van der Waals surface area contributed by atoms with Crippen molar-refractivity contribution >= 4 is 29.4 Å². The molecule has 2 rings (SSSR count). The molecule has 1 aliphatic rings. The van der Waals surface area contributed by atoms with Gasteiger partial charge in [-0.1, -0.05) is 12.1 Å². The van der Waals surface area contributed by atoms with E-state index in [1.807, 2.05) is 35.7 Å². The van der Waals surface area contributed by atoms with Gasteiger partial charge >= 0.3 is 0 Å². The molecule has 3 nitrogen and oxygen atoms in total. The summed E-state index contributed by atoms with van der Waals surface area (Å²) in [5, 5.41) is 2.93. The molecule has 0 aliphatic carbocycles. The van der Waals surface area contributed by atoms with Crippen LogP contribution in [-0.4, -0.2) is 30.5 Å². The first-order valence-corrected chi connectivity index (χ1v) is 9.22. The number of nitrogens with one attached hydrogen (secondary N) is 1. The molecule has 0 aromatic heterocycles. The molecule has 0 bridgehead atoms. The SMILES string of the molecule is NCCCCNC(=O)c1ccc(C2SCCCS2)cc1. The topological polar surface area (TPSA) is 55.1 Å². The van der Waals surface area contributed by atoms with Gasteiger partial charge in [0.15, 0.2) is 0 Å². The van der Waals surface area contributed by atoms with E-state index in [0.717, 1.165) is 18.4 Å². The summed E-state index contributed by atoms with van der Waals surface area (Å²) in [4.78, 5) is 11.9. The van der Waals surface area contributed by atoms with Gasteiger partial charge in [0.1, 0.15) is 0 Å². The van der Waals surface area contributed by atoms with Crippen molar-refractivity contribution in [2.75, 3.05) is 24.6 Å². The van der Waals surface area contributed by atoms with Gasteiger partial charge in [-0.15, -0.1) is 23.5 Å². The molecule has 0 saturated carbocycles. The van der Waals surface area contributed by atoms with E-state index in [-0.39, 0.29) is 5.91 Å². The molecule has 20 heavy (non-hydrogen) atoms. The van der Waals surface area contributed by atoms with Gasteiger partial charge in [0, 0.05) is 12.1 Å². The molecule has 1 aliphatic heterocycles. The number of unbranched alkanes of at least 4 members (excludes halogenated alkanes) is 1. The number of hydrogen-bond acceptors (Lipinski definition) is 4. The van der Waals surface area contributed by atoms with Crippen molar-refractivity contribution in [1.29, 1.82) is 0 Å². The predicted octanol–water partition coefficient (Wildman–Crippen LogP) is 3.02. The third-order valence-corrected chi connectivity index (χ3v) is 6.20. The minimum Gasteiger partial charge on any atom is -0.352 e. The van der Waals surface area contributed by atoms with Crippen LogP contribution in [0.25, 0.3) is 0 Å². The van der Waals surface area contributed by atoms with Crippen LogP contribution in [0.15, 0.2) is 24.3 Å². The zero-order valence-corrected chi connectivity index (χ0v) is 13.3. The van der Waals surface area contributed by atoms with Crippen LogP contribution in [0.5, 0.6) is 0 Å². The molecule has 1 heterocycles. The first-order chi connectivity index (χ1) is 9.81. The highest BCUT2D eigenvalue weighted by molar-refractivity contribution is 8.16. The maximum Gasteiger partial charge on any atom is 0.251 e. The van der Waals surface area contributed by atoms with Crippen LogP contribution in [0.1, 0.15) is 39.8 Å². The van der Waals surface area contributed by atoms with Crippen LogP contribution in [-0.2, 0) is 0 Å². The minimum atomic E-state index is 0.0116. The van der Waals surface area contributed by atoms with Crippen molar-refractivity contribution in [1.82, 2.24) is 5.32 Å². The number of carbonyl (C=O) groups excluding carboxylic acids is 1. The second-order valence-electron chi connectivity index (χ2n) is 4.80. The fourth-order valence-corrected chi connectivity index (χ4v) is 4.94. The fraction of sp³-hybridized carbons (Fsp3) is 0.533. The van der Waals surface area contributed by atoms with Gasteiger partial charge in [-0.05, 0) is 55.0 Å². The Hall–Kier alpha value is -0.650. The van der Waals surface area contributed by atoms with Crippen molar-refractivity contribution in [2.45, 2.75) is 23.8 Å². The van der Waals surface area contributed by atoms with E-state index in [1.54, 1.807) is 0 Å². The smallest absolute Gasteiger partial charge is 0.251 e. The number of hydrogen-bond donors (Lipinski definition) is 2. The summed E-state index contributed by atoms with van der Waals surface area (Å²) in [5.74, 6) is 2.49. The van der Waals surface area contributed by atoms with E-state index in [4.69, 9.17) is 5.73 Å². The van der Waals surface area contributed by atoms with E-state index in [2.05, 4.69) is 17.4 Å². The molecule has 5 heteroatoms. The Morgan fingerprint density at radius 2 is 1.90 bits per heavy atom. The van der Waals surface area contributed by atoms with Crippen LogP contribution in [0.4, 0.5) is 0 Å². The standard InChI is InChI=1S/C15H22N2OS2/c16-8-1-2-9-17-14(18)12-4-6-13(7-5-12)15-19-10-3-11-20-15/h4-7,15H,1-3,8-11,16H2,(H,17,18). The zero-order valence-electron chi connectivity index (χ0n) is 11.6. The number of rotatable bonds is 6. The molecule has 1 saturated heterocycles. The van der Waals surface area contributed by atoms with Crippen LogP contribution in [0.3, 0.4) is 0 Å².